The first kappa shape index (κ1) is 14.8. The Morgan fingerprint density at radius 1 is 1.14 bits per heavy atom. The largest absolute Gasteiger partial charge is 0.378 e. The highest BCUT2D eigenvalue weighted by Gasteiger charge is 2.29. The smallest absolute Gasteiger partial charge is 0.282 e. The quantitative estimate of drug-likeness (QED) is 0.787. The summed E-state index contributed by atoms with van der Waals surface area (Å²) in [5.41, 5.74) is 4.61. The van der Waals surface area contributed by atoms with E-state index in [0.717, 1.165) is 30.1 Å². The lowest BCUT2D eigenvalue weighted by atomic mass is 10.1. The number of ether oxygens (including phenoxy) is 1. The molecule has 0 saturated carbocycles. The topological polar surface area (TPSA) is 45.1 Å². The monoisotopic (exact) mass is 299 g/mol. The van der Waals surface area contributed by atoms with Crippen LogP contribution >= 0.6 is 0 Å². The van der Waals surface area contributed by atoms with Gasteiger partial charge >= 0.3 is 0 Å². The molecule has 2 aliphatic rings. The van der Waals surface area contributed by atoms with Crippen molar-refractivity contribution in [2.75, 3.05) is 31.3 Å². The Hall–Kier alpha value is -2.14. The lowest BCUT2D eigenvalue weighted by Crippen LogP contribution is -2.33. The summed E-state index contributed by atoms with van der Waals surface area (Å²) in [4.78, 5) is 14.8. The van der Waals surface area contributed by atoms with Gasteiger partial charge in [-0.1, -0.05) is 6.07 Å². The van der Waals surface area contributed by atoms with Crippen molar-refractivity contribution in [3.8, 4) is 0 Å². The Labute approximate surface area is 130 Å². The number of aryl methyl sites for hydroxylation is 2. The van der Waals surface area contributed by atoms with Crippen molar-refractivity contribution in [2.24, 2.45) is 5.10 Å². The van der Waals surface area contributed by atoms with Gasteiger partial charge in [0.15, 0.2) is 0 Å². The molecule has 0 bridgehead atoms. The number of amides is 1. The maximum absolute atomic E-state index is 12.7. The number of carbonyl (C=O) groups excluding carboxylic acids is 1. The second-order valence-corrected chi connectivity index (χ2v) is 5.76. The third-order valence-corrected chi connectivity index (χ3v) is 4.15. The molecule has 1 aromatic rings. The van der Waals surface area contributed by atoms with Crippen molar-refractivity contribution < 1.29 is 9.53 Å². The minimum atomic E-state index is -0.0627. The maximum atomic E-state index is 12.7. The molecule has 1 aromatic carbocycles. The van der Waals surface area contributed by atoms with Crippen molar-refractivity contribution in [1.82, 2.24) is 4.90 Å². The molecule has 0 unspecified atom stereocenters. The minimum Gasteiger partial charge on any atom is -0.378 e. The Morgan fingerprint density at radius 2 is 1.86 bits per heavy atom. The van der Waals surface area contributed by atoms with Gasteiger partial charge in [0.05, 0.1) is 30.2 Å². The zero-order valence-corrected chi connectivity index (χ0v) is 13.3. The molecule has 1 saturated heterocycles. The van der Waals surface area contributed by atoms with E-state index < -0.39 is 0 Å². The summed E-state index contributed by atoms with van der Waals surface area (Å²) in [5, 5.41) is 5.93. The summed E-state index contributed by atoms with van der Waals surface area (Å²) >= 11 is 0. The van der Waals surface area contributed by atoms with Gasteiger partial charge in [-0.15, -0.1) is 0 Å². The molecule has 22 heavy (non-hydrogen) atoms. The van der Waals surface area contributed by atoms with Crippen LogP contribution in [0.4, 0.5) is 5.69 Å². The summed E-state index contributed by atoms with van der Waals surface area (Å²) in [5.74, 6) is -0.0627. The normalized spacial score (nSPS) is 20.8. The van der Waals surface area contributed by atoms with Gasteiger partial charge in [0.25, 0.3) is 5.91 Å². The van der Waals surface area contributed by atoms with Crippen LogP contribution < -0.4 is 5.01 Å². The number of morpholine rings is 1. The molecule has 0 aromatic heterocycles. The fourth-order valence-corrected chi connectivity index (χ4v) is 2.59. The number of anilines is 1. The zero-order valence-electron chi connectivity index (χ0n) is 13.3. The number of nitrogens with zero attached hydrogens (tertiary/aromatic N) is 3. The van der Waals surface area contributed by atoms with Crippen molar-refractivity contribution in [2.45, 2.75) is 20.8 Å². The van der Waals surface area contributed by atoms with Gasteiger partial charge in [-0.3, -0.25) is 4.79 Å². The first-order chi connectivity index (χ1) is 10.6. The fraction of sp³-hybridized carbons (Fsp3) is 0.412. The van der Waals surface area contributed by atoms with Gasteiger partial charge in [0, 0.05) is 19.3 Å². The molecule has 0 atom stereocenters. The Bertz CT molecular complexity index is 658. The molecule has 5 heteroatoms. The predicted octanol–water partition coefficient (Wildman–Crippen LogP) is 2.24. The average Bonchev–Trinajstić information content (AvgIpc) is 2.79. The highest BCUT2D eigenvalue weighted by atomic mass is 16.5. The number of hydrogen-bond donors (Lipinski definition) is 0. The van der Waals surface area contributed by atoms with Crippen molar-refractivity contribution >= 4 is 17.3 Å². The van der Waals surface area contributed by atoms with Crippen molar-refractivity contribution in [1.29, 1.82) is 0 Å². The van der Waals surface area contributed by atoms with Gasteiger partial charge in [-0.2, -0.15) is 10.1 Å². The van der Waals surface area contributed by atoms with E-state index in [0.29, 0.717) is 18.8 Å². The SMILES string of the molecule is CC1=NN(c2ccc(C)c(C)c2)C(=O)C1=CN1CCOCC1. The predicted molar refractivity (Wildman–Crippen MR) is 87.0 cm³/mol. The third kappa shape index (κ3) is 2.76. The number of rotatable bonds is 2. The lowest BCUT2D eigenvalue weighted by molar-refractivity contribution is -0.114. The van der Waals surface area contributed by atoms with Gasteiger partial charge < -0.3 is 9.64 Å². The number of benzene rings is 1. The lowest BCUT2D eigenvalue weighted by Gasteiger charge is -2.25. The highest BCUT2D eigenvalue weighted by Crippen LogP contribution is 2.25. The van der Waals surface area contributed by atoms with E-state index in [4.69, 9.17) is 4.74 Å². The second kappa shape index (κ2) is 5.93. The van der Waals surface area contributed by atoms with Crippen LogP contribution in [0.1, 0.15) is 18.1 Å². The van der Waals surface area contributed by atoms with Crippen LogP contribution in [0.2, 0.25) is 0 Å². The molecular formula is C17H21N3O2. The zero-order chi connectivity index (χ0) is 15.7. The van der Waals surface area contributed by atoms with E-state index in [-0.39, 0.29) is 5.91 Å². The molecule has 0 spiro atoms. The molecule has 0 aliphatic carbocycles. The Morgan fingerprint density at radius 3 is 2.55 bits per heavy atom. The second-order valence-electron chi connectivity index (χ2n) is 5.76. The Kier molecular flexibility index (Phi) is 3.98. The summed E-state index contributed by atoms with van der Waals surface area (Å²) in [6.45, 7) is 9.01. The maximum Gasteiger partial charge on any atom is 0.282 e. The van der Waals surface area contributed by atoms with E-state index >= 15 is 0 Å². The van der Waals surface area contributed by atoms with E-state index in [1.54, 1.807) is 0 Å². The summed E-state index contributed by atoms with van der Waals surface area (Å²) in [6, 6.07) is 5.96. The molecule has 0 N–H and O–H groups in total. The number of hydrazone groups is 1. The third-order valence-electron chi connectivity index (χ3n) is 4.15. The minimum absolute atomic E-state index is 0.0627. The van der Waals surface area contributed by atoms with Crippen LogP contribution in [-0.2, 0) is 9.53 Å². The first-order valence-electron chi connectivity index (χ1n) is 7.57. The fourth-order valence-electron chi connectivity index (χ4n) is 2.59. The van der Waals surface area contributed by atoms with E-state index in [1.165, 1.54) is 10.6 Å². The molecule has 1 fully saturated rings. The molecular weight excluding hydrogens is 278 g/mol. The van der Waals surface area contributed by atoms with Crippen LogP contribution in [-0.4, -0.2) is 42.8 Å². The molecule has 2 heterocycles. The van der Waals surface area contributed by atoms with Gasteiger partial charge in [0.1, 0.15) is 0 Å². The first-order valence-corrected chi connectivity index (χ1v) is 7.57. The van der Waals surface area contributed by atoms with Gasteiger partial charge in [0.2, 0.25) is 0 Å². The molecule has 3 rings (SSSR count). The van der Waals surface area contributed by atoms with Crippen LogP contribution in [0, 0.1) is 13.8 Å². The average molecular weight is 299 g/mol. The number of hydrogen-bond acceptors (Lipinski definition) is 4. The van der Waals surface area contributed by atoms with Crippen LogP contribution in [0.15, 0.2) is 35.1 Å². The molecule has 0 radical (unpaired) electrons. The summed E-state index contributed by atoms with van der Waals surface area (Å²) in [6.07, 6.45) is 1.92. The van der Waals surface area contributed by atoms with Gasteiger partial charge in [-0.25, -0.2) is 0 Å². The van der Waals surface area contributed by atoms with Crippen LogP contribution in [0.3, 0.4) is 0 Å². The standard InChI is InChI=1S/C17H21N3O2/c1-12-4-5-15(10-13(12)2)20-17(21)16(14(3)18-20)11-19-6-8-22-9-7-19/h4-5,10-11H,6-9H2,1-3H3. The van der Waals surface area contributed by atoms with E-state index in [2.05, 4.69) is 16.9 Å². The molecule has 1 amide bonds. The Balaban J connectivity index is 1.85. The van der Waals surface area contributed by atoms with Crippen LogP contribution in [0.5, 0.6) is 0 Å². The summed E-state index contributed by atoms with van der Waals surface area (Å²) in [7, 11) is 0. The van der Waals surface area contributed by atoms with Gasteiger partial charge in [-0.05, 0) is 44.0 Å². The molecule has 2 aliphatic heterocycles. The van der Waals surface area contributed by atoms with E-state index in [1.807, 2.05) is 38.2 Å². The highest BCUT2D eigenvalue weighted by molar-refractivity contribution is 6.29. The molecule has 5 nitrogen and oxygen atoms in total. The summed E-state index contributed by atoms with van der Waals surface area (Å²) < 4.78 is 5.34. The van der Waals surface area contributed by atoms with E-state index in [9.17, 15) is 4.79 Å². The van der Waals surface area contributed by atoms with Crippen molar-refractivity contribution in [3.63, 3.8) is 0 Å². The van der Waals surface area contributed by atoms with Crippen LogP contribution in [0.25, 0.3) is 0 Å². The molecule has 116 valence electrons. The number of carbonyl (C=O) groups is 1. The van der Waals surface area contributed by atoms with Crippen molar-refractivity contribution in [3.05, 3.63) is 41.1 Å².